The Kier molecular flexibility index (Phi) is 8.68. The van der Waals surface area contributed by atoms with Crippen LogP contribution in [0.2, 0.25) is 0 Å². The number of H-pyrrole nitrogens is 1. The van der Waals surface area contributed by atoms with Gasteiger partial charge in [0.1, 0.15) is 12.6 Å². The van der Waals surface area contributed by atoms with Gasteiger partial charge in [0.2, 0.25) is 0 Å². The minimum absolute atomic E-state index is 0.446. The first-order chi connectivity index (χ1) is 15.3. The summed E-state index contributed by atoms with van der Waals surface area (Å²) in [4.78, 5) is 58.5. The fourth-order valence-corrected chi connectivity index (χ4v) is 3.79. The standard InChI is InChI=1S/C17H26FN4O10P/c1-9(2)30-13(25)7-20-33(27,28)29-8-10-14(32-12(24)6-19)17(3,18)15(31-10)22-5-4-11(23)21-16(22)26/h4-5,9-10,14-15H,6-8,19H2,1-3H3,(H2,20,27,28)(H,21,23,26)/t10-,14?,15-,17+/m1/s1. The molecule has 0 radical (unpaired) electrons. The summed E-state index contributed by atoms with van der Waals surface area (Å²) >= 11 is 0. The molecule has 2 rings (SSSR count). The summed E-state index contributed by atoms with van der Waals surface area (Å²) in [6.45, 7) is 2.12. The molecule has 2 unspecified atom stereocenters. The lowest BCUT2D eigenvalue weighted by molar-refractivity contribution is -0.156. The molecular weight excluding hydrogens is 470 g/mol. The highest BCUT2D eigenvalue weighted by molar-refractivity contribution is 7.50. The third-order valence-corrected chi connectivity index (χ3v) is 5.47. The predicted molar refractivity (Wildman–Crippen MR) is 109 cm³/mol. The molecular formula is C17H26FN4O10P. The van der Waals surface area contributed by atoms with Crippen LogP contribution in [0.3, 0.4) is 0 Å². The highest BCUT2D eigenvalue weighted by Gasteiger charge is 2.58. The number of rotatable bonds is 10. The number of hydrogen-bond donors (Lipinski definition) is 4. The number of aromatic amines is 1. The summed E-state index contributed by atoms with van der Waals surface area (Å²) in [6, 6.07) is 0.952. The number of aromatic nitrogens is 2. The van der Waals surface area contributed by atoms with Crippen LogP contribution in [-0.2, 0) is 32.9 Å². The Hall–Kier alpha value is -2.42. The second-order valence-electron chi connectivity index (χ2n) is 7.50. The zero-order valence-corrected chi connectivity index (χ0v) is 19.0. The van der Waals surface area contributed by atoms with E-state index in [0.717, 1.165) is 23.8 Å². The van der Waals surface area contributed by atoms with E-state index < -0.39 is 80.8 Å². The molecule has 5 N–H and O–H groups in total. The molecule has 2 heterocycles. The number of alkyl halides is 1. The minimum atomic E-state index is -4.59. The maximum Gasteiger partial charge on any atom is 0.403 e. The molecule has 1 aliphatic rings. The maximum atomic E-state index is 15.7. The van der Waals surface area contributed by atoms with E-state index in [1.165, 1.54) is 0 Å². The van der Waals surface area contributed by atoms with Crippen molar-refractivity contribution in [2.75, 3.05) is 19.7 Å². The van der Waals surface area contributed by atoms with Gasteiger partial charge in [-0.1, -0.05) is 0 Å². The highest BCUT2D eigenvalue weighted by Crippen LogP contribution is 2.44. The molecule has 0 aromatic carbocycles. The number of nitrogens with one attached hydrogen (secondary N) is 2. The number of esters is 2. The number of nitrogens with two attached hydrogens (primary N) is 1. The third-order valence-electron chi connectivity index (χ3n) is 4.41. The summed E-state index contributed by atoms with van der Waals surface area (Å²) < 4.78 is 48.8. The first-order valence-electron chi connectivity index (χ1n) is 9.74. The fraction of sp³-hybridized carbons (Fsp3) is 0.647. The number of ether oxygens (including phenoxy) is 3. The lowest BCUT2D eigenvalue weighted by Gasteiger charge is -2.27. The van der Waals surface area contributed by atoms with E-state index in [-0.39, 0.29) is 0 Å². The van der Waals surface area contributed by atoms with Crippen LogP contribution in [0, 0.1) is 0 Å². The van der Waals surface area contributed by atoms with E-state index in [9.17, 15) is 28.6 Å². The monoisotopic (exact) mass is 496 g/mol. The number of nitrogens with zero attached hydrogens (tertiary/aromatic N) is 1. The van der Waals surface area contributed by atoms with Crippen LogP contribution in [0.1, 0.15) is 27.0 Å². The molecule has 0 aliphatic carbocycles. The van der Waals surface area contributed by atoms with E-state index in [1.54, 1.807) is 13.8 Å². The van der Waals surface area contributed by atoms with Crippen molar-refractivity contribution >= 4 is 19.7 Å². The zero-order valence-electron chi connectivity index (χ0n) is 18.1. The molecule has 5 atom stereocenters. The molecule has 1 saturated heterocycles. The van der Waals surface area contributed by atoms with Gasteiger partial charge in [-0.3, -0.25) is 28.5 Å². The van der Waals surface area contributed by atoms with Gasteiger partial charge in [0.05, 0.1) is 19.3 Å². The van der Waals surface area contributed by atoms with Crippen molar-refractivity contribution in [3.63, 3.8) is 0 Å². The Morgan fingerprint density at radius 1 is 1.42 bits per heavy atom. The smallest absolute Gasteiger partial charge is 0.403 e. The maximum absolute atomic E-state index is 15.7. The summed E-state index contributed by atoms with van der Waals surface area (Å²) in [5.74, 6) is -1.82. The molecule has 0 spiro atoms. The van der Waals surface area contributed by atoms with Crippen LogP contribution in [0.15, 0.2) is 21.9 Å². The molecule has 1 fully saturated rings. The molecule has 1 aromatic heterocycles. The van der Waals surface area contributed by atoms with Crippen molar-refractivity contribution in [3.05, 3.63) is 33.1 Å². The average Bonchev–Trinajstić information content (AvgIpc) is 2.94. The first kappa shape index (κ1) is 26.8. The largest absolute Gasteiger partial charge is 0.462 e. The van der Waals surface area contributed by atoms with Crippen molar-refractivity contribution in [2.45, 2.75) is 51.0 Å². The van der Waals surface area contributed by atoms with Gasteiger partial charge in [-0.2, -0.15) is 0 Å². The molecule has 0 saturated carbocycles. The van der Waals surface area contributed by atoms with Gasteiger partial charge >= 0.3 is 25.4 Å². The van der Waals surface area contributed by atoms with Crippen LogP contribution in [-0.4, -0.2) is 70.1 Å². The molecule has 16 heteroatoms. The third kappa shape index (κ3) is 7.03. The summed E-state index contributed by atoms with van der Waals surface area (Å²) in [6.07, 6.45) is -4.34. The number of halogens is 1. The molecule has 1 aromatic rings. The summed E-state index contributed by atoms with van der Waals surface area (Å²) in [5, 5.41) is 1.98. The van der Waals surface area contributed by atoms with E-state index in [0.29, 0.717) is 0 Å². The lowest BCUT2D eigenvalue weighted by Crippen LogP contribution is -2.46. The zero-order chi connectivity index (χ0) is 25.0. The highest BCUT2D eigenvalue weighted by atomic mass is 31.2. The predicted octanol–water partition coefficient (Wildman–Crippen LogP) is -1.31. The average molecular weight is 496 g/mol. The van der Waals surface area contributed by atoms with Crippen LogP contribution in [0.5, 0.6) is 0 Å². The van der Waals surface area contributed by atoms with Gasteiger partial charge in [-0.25, -0.2) is 18.8 Å². The minimum Gasteiger partial charge on any atom is -0.462 e. The molecule has 0 bridgehead atoms. The first-order valence-corrected chi connectivity index (χ1v) is 11.3. The molecule has 0 amide bonds. The van der Waals surface area contributed by atoms with Gasteiger partial charge in [0, 0.05) is 12.3 Å². The number of carbonyl (C=O) groups excluding carboxylic acids is 2. The van der Waals surface area contributed by atoms with Gasteiger partial charge in [-0.15, -0.1) is 0 Å². The van der Waals surface area contributed by atoms with Crippen molar-refractivity contribution < 1.29 is 42.2 Å². The van der Waals surface area contributed by atoms with Gasteiger partial charge in [-0.05, 0) is 20.8 Å². The SMILES string of the molecule is CC(C)OC(=O)CNP(=O)(O)OC[C@H]1O[C@@H](n2ccc(=O)[nH]c2=O)[C@@](C)(F)C1OC(=O)CN. The fourth-order valence-electron chi connectivity index (χ4n) is 3.02. The van der Waals surface area contributed by atoms with Crippen molar-refractivity contribution in [3.8, 4) is 0 Å². The normalized spacial score (nSPS) is 26.7. The Bertz CT molecular complexity index is 1030. The van der Waals surface area contributed by atoms with Crippen molar-refractivity contribution in [1.82, 2.24) is 14.6 Å². The van der Waals surface area contributed by atoms with Gasteiger partial charge in [0.15, 0.2) is 18.0 Å². The van der Waals surface area contributed by atoms with Crippen LogP contribution >= 0.6 is 7.75 Å². The molecule has 33 heavy (non-hydrogen) atoms. The van der Waals surface area contributed by atoms with E-state index in [1.807, 2.05) is 10.1 Å². The topological polar surface area (TPSA) is 201 Å². The lowest BCUT2D eigenvalue weighted by atomic mass is 9.98. The number of hydrogen-bond acceptors (Lipinski definition) is 10. The summed E-state index contributed by atoms with van der Waals surface area (Å²) in [5.41, 5.74) is 0.935. The van der Waals surface area contributed by atoms with E-state index in [4.69, 9.17) is 24.5 Å². The van der Waals surface area contributed by atoms with Crippen LogP contribution in [0.25, 0.3) is 0 Å². The van der Waals surface area contributed by atoms with Gasteiger partial charge < -0.3 is 24.8 Å². The molecule has 1 aliphatic heterocycles. The Morgan fingerprint density at radius 2 is 2.09 bits per heavy atom. The Labute approximate surface area is 186 Å². The quantitative estimate of drug-likeness (QED) is 0.220. The Morgan fingerprint density at radius 3 is 2.67 bits per heavy atom. The second kappa shape index (κ2) is 10.7. The van der Waals surface area contributed by atoms with Crippen molar-refractivity contribution in [2.24, 2.45) is 5.73 Å². The van der Waals surface area contributed by atoms with Crippen LogP contribution < -0.4 is 22.1 Å². The Balaban J connectivity index is 2.19. The van der Waals surface area contributed by atoms with E-state index >= 15 is 4.39 Å². The van der Waals surface area contributed by atoms with Gasteiger partial charge in [0.25, 0.3) is 5.56 Å². The molecule has 14 nitrogen and oxygen atoms in total. The van der Waals surface area contributed by atoms with Crippen LogP contribution in [0.4, 0.5) is 4.39 Å². The second-order valence-corrected chi connectivity index (χ2v) is 9.12. The van der Waals surface area contributed by atoms with Crippen molar-refractivity contribution in [1.29, 1.82) is 0 Å². The van der Waals surface area contributed by atoms with E-state index in [2.05, 4.69) is 0 Å². The number of carbonyl (C=O) groups is 2. The summed E-state index contributed by atoms with van der Waals surface area (Å²) in [7, 11) is -4.59. The molecule has 186 valence electrons.